The summed E-state index contributed by atoms with van der Waals surface area (Å²) < 4.78 is 0. The van der Waals surface area contributed by atoms with Crippen LogP contribution in [0.1, 0.15) is 31.2 Å². The van der Waals surface area contributed by atoms with Gasteiger partial charge in [0.05, 0.1) is 0 Å². The van der Waals surface area contributed by atoms with E-state index in [-0.39, 0.29) is 0 Å². The van der Waals surface area contributed by atoms with Gasteiger partial charge in [-0.3, -0.25) is 0 Å². The topological polar surface area (TPSA) is 41.1 Å². The molecule has 4 heteroatoms. The highest BCUT2D eigenvalue weighted by Crippen LogP contribution is 2.27. The summed E-state index contributed by atoms with van der Waals surface area (Å²) >= 11 is 0. The second-order valence-corrected chi connectivity index (χ2v) is 4.93. The fourth-order valence-electron chi connectivity index (χ4n) is 2.68. The van der Waals surface area contributed by atoms with Gasteiger partial charge in [-0.1, -0.05) is 12.8 Å². The van der Waals surface area contributed by atoms with Crippen LogP contribution >= 0.6 is 0 Å². The van der Waals surface area contributed by atoms with E-state index >= 15 is 0 Å². The third kappa shape index (κ3) is 3.16. The first-order valence-electron chi connectivity index (χ1n) is 6.46. The van der Waals surface area contributed by atoms with Gasteiger partial charge < -0.3 is 10.2 Å². The molecule has 0 aliphatic heterocycles. The molecule has 4 nitrogen and oxygen atoms in total. The molecule has 1 aromatic rings. The van der Waals surface area contributed by atoms with Crippen LogP contribution in [0.5, 0.6) is 0 Å². The molecule has 0 radical (unpaired) electrons. The number of hydrogen-bond acceptors (Lipinski definition) is 4. The number of hydrogen-bond donors (Lipinski definition) is 1. The normalized spacial score (nSPS) is 16.4. The van der Waals surface area contributed by atoms with Gasteiger partial charge in [-0.2, -0.15) is 0 Å². The van der Waals surface area contributed by atoms with Gasteiger partial charge in [0.15, 0.2) is 0 Å². The van der Waals surface area contributed by atoms with Crippen LogP contribution in [0.4, 0.5) is 5.82 Å². The van der Waals surface area contributed by atoms with Crippen LogP contribution in [0.3, 0.4) is 0 Å². The van der Waals surface area contributed by atoms with Crippen LogP contribution in [0.25, 0.3) is 0 Å². The van der Waals surface area contributed by atoms with Crippen molar-refractivity contribution in [1.29, 1.82) is 0 Å². The zero-order valence-electron chi connectivity index (χ0n) is 10.8. The Morgan fingerprint density at radius 1 is 1.41 bits per heavy atom. The number of aromatic nitrogens is 2. The van der Waals surface area contributed by atoms with Crippen molar-refractivity contribution in [3.05, 3.63) is 18.1 Å². The Hall–Kier alpha value is -1.16. The summed E-state index contributed by atoms with van der Waals surface area (Å²) in [7, 11) is 4.09. The van der Waals surface area contributed by atoms with Gasteiger partial charge in [0.25, 0.3) is 0 Å². The van der Waals surface area contributed by atoms with E-state index in [0.717, 1.165) is 24.8 Å². The number of nitrogens with one attached hydrogen (secondary N) is 1. The van der Waals surface area contributed by atoms with Crippen molar-refractivity contribution in [1.82, 2.24) is 15.3 Å². The second-order valence-electron chi connectivity index (χ2n) is 4.93. The van der Waals surface area contributed by atoms with Gasteiger partial charge in [-0.05, 0) is 25.8 Å². The number of rotatable bonds is 5. The Kier molecular flexibility index (Phi) is 4.31. The van der Waals surface area contributed by atoms with Gasteiger partial charge >= 0.3 is 0 Å². The molecule has 0 unspecified atom stereocenters. The van der Waals surface area contributed by atoms with Crippen LogP contribution in [0.15, 0.2) is 12.5 Å². The summed E-state index contributed by atoms with van der Waals surface area (Å²) in [6.07, 6.45) is 9.08. The zero-order valence-corrected chi connectivity index (χ0v) is 10.8. The SMILES string of the molecule is CNCc1cncnc1N(C)CC1CCCC1. The van der Waals surface area contributed by atoms with E-state index in [2.05, 4.69) is 27.2 Å². The van der Waals surface area contributed by atoms with E-state index in [1.165, 1.54) is 31.2 Å². The highest BCUT2D eigenvalue weighted by atomic mass is 15.2. The van der Waals surface area contributed by atoms with Crippen molar-refractivity contribution in [2.45, 2.75) is 32.2 Å². The van der Waals surface area contributed by atoms with Crippen molar-refractivity contribution in [2.24, 2.45) is 5.92 Å². The molecule has 1 saturated carbocycles. The molecule has 17 heavy (non-hydrogen) atoms. The lowest BCUT2D eigenvalue weighted by Crippen LogP contribution is -2.26. The highest BCUT2D eigenvalue weighted by Gasteiger charge is 2.18. The van der Waals surface area contributed by atoms with Crippen molar-refractivity contribution in [3.8, 4) is 0 Å². The van der Waals surface area contributed by atoms with Crippen LogP contribution in [0.2, 0.25) is 0 Å². The van der Waals surface area contributed by atoms with Gasteiger partial charge in [0, 0.05) is 31.9 Å². The predicted molar refractivity (Wildman–Crippen MR) is 70.0 cm³/mol. The molecule has 0 bridgehead atoms. The minimum absolute atomic E-state index is 0.825. The van der Waals surface area contributed by atoms with Crippen LogP contribution in [-0.4, -0.2) is 30.6 Å². The summed E-state index contributed by atoms with van der Waals surface area (Å²) in [6, 6.07) is 0. The summed E-state index contributed by atoms with van der Waals surface area (Å²) in [5.74, 6) is 1.92. The molecule has 0 atom stereocenters. The first kappa shape index (κ1) is 12.3. The Balaban J connectivity index is 2.03. The molecular formula is C13H22N4. The lowest BCUT2D eigenvalue weighted by molar-refractivity contribution is 0.543. The van der Waals surface area contributed by atoms with Gasteiger partial charge in [0.2, 0.25) is 0 Å². The van der Waals surface area contributed by atoms with E-state index < -0.39 is 0 Å². The lowest BCUT2D eigenvalue weighted by atomic mass is 10.1. The molecule has 2 rings (SSSR count). The molecular weight excluding hydrogens is 212 g/mol. The molecule has 0 saturated heterocycles. The quantitative estimate of drug-likeness (QED) is 0.844. The summed E-state index contributed by atoms with van der Waals surface area (Å²) in [5.41, 5.74) is 1.18. The Labute approximate surface area is 103 Å². The highest BCUT2D eigenvalue weighted by molar-refractivity contribution is 5.44. The molecule has 1 N–H and O–H groups in total. The first-order chi connectivity index (χ1) is 8.31. The molecule has 1 aliphatic carbocycles. The monoisotopic (exact) mass is 234 g/mol. The molecule has 1 aromatic heterocycles. The molecule has 0 amide bonds. The molecule has 1 heterocycles. The fraction of sp³-hybridized carbons (Fsp3) is 0.692. The standard InChI is InChI=1S/C13H22N4/c1-14-7-12-8-15-10-16-13(12)17(2)9-11-5-3-4-6-11/h8,10-11,14H,3-7,9H2,1-2H3. The third-order valence-electron chi connectivity index (χ3n) is 3.50. The van der Waals surface area contributed by atoms with Crippen molar-refractivity contribution in [2.75, 3.05) is 25.5 Å². The maximum Gasteiger partial charge on any atom is 0.136 e. The second kappa shape index (κ2) is 5.96. The minimum Gasteiger partial charge on any atom is -0.359 e. The van der Waals surface area contributed by atoms with Crippen LogP contribution in [-0.2, 0) is 6.54 Å². The van der Waals surface area contributed by atoms with Crippen LogP contribution in [0, 0.1) is 5.92 Å². The fourth-order valence-corrected chi connectivity index (χ4v) is 2.68. The van der Waals surface area contributed by atoms with Crippen molar-refractivity contribution >= 4 is 5.82 Å². The molecule has 0 aromatic carbocycles. The maximum atomic E-state index is 4.41. The largest absolute Gasteiger partial charge is 0.359 e. The van der Waals surface area contributed by atoms with E-state index in [9.17, 15) is 0 Å². The molecule has 1 fully saturated rings. The first-order valence-corrected chi connectivity index (χ1v) is 6.46. The van der Waals surface area contributed by atoms with Gasteiger partial charge in [0.1, 0.15) is 12.1 Å². The zero-order chi connectivity index (χ0) is 12.1. The molecule has 1 aliphatic rings. The Bertz CT molecular complexity index is 347. The molecule has 0 spiro atoms. The average Bonchev–Trinajstić information content (AvgIpc) is 2.83. The van der Waals surface area contributed by atoms with E-state index in [0.29, 0.717) is 0 Å². The number of nitrogens with zero attached hydrogens (tertiary/aromatic N) is 3. The summed E-state index contributed by atoms with van der Waals surface area (Å²) in [5, 5.41) is 3.17. The smallest absolute Gasteiger partial charge is 0.136 e. The third-order valence-corrected chi connectivity index (χ3v) is 3.50. The Morgan fingerprint density at radius 3 is 2.88 bits per heavy atom. The van der Waals surface area contributed by atoms with Crippen LogP contribution < -0.4 is 10.2 Å². The summed E-state index contributed by atoms with van der Waals surface area (Å²) in [4.78, 5) is 10.8. The summed E-state index contributed by atoms with van der Waals surface area (Å²) in [6.45, 7) is 1.94. The van der Waals surface area contributed by atoms with Crippen molar-refractivity contribution in [3.63, 3.8) is 0 Å². The van der Waals surface area contributed by atoms with E-state index in [1.807, 2.05) is 13.2 Å². The maximum absolute atomic E-state index is 4.41. The lowest BCUT2D eigenvalue weighted by Gasteiger charge is -2.23. The molecule has 94 valence electrons. The predicted octanol–water partition coefficient (Wildman–Crippen LogP) is 1.82. The number of anilines is 1. The van der Waals surface area contributed by atoms with E-state index in [4.69, 9.17) is 0 Å². The van der Waals surface area contributed by atoms with Gasteiger partial charge in [-0.15, -0.1) is 0 Å². The van der Waals surface area contributed by atoms with Crippen molar-refractivity contribution < 1.29 is 0 Å². The minimum atomic E-state index is 0.825. The Morgan fingerprint density at radius 2 is 2.18 bits per heavy atom. The van der Waals surface area contributed by atoms with Gasteiger partial charge in [-0.25, -0.2) is 9.97 Å². The van der Waals surface area contributed by atoms with E-state index in [1.54, 1.807) is 6.33 Å². The average molecular weight is 234 g/mol.